The van der Waals surface area contributed by atoms with Crippen molar-refractivity contribution in [2.45, 2.75) is 39.9 Å². The van der Waals surface area contributed by atoms with Gasteiger partial charge in [0.2, 0.25) is 0 Å². The highest BCUT2D eigenvalue weighted by Crippen LogP contribution is 2.15. The second-order valence-electron chi connectivity index (χ2n) is 6.54. The highest BCUT2D eigenvalue weighted by Gasteiger charge is 2.10. The molecule has 28 heavy (non-hydrogen) atoms. The van der Waals surface area contributed by atoms with Crippen LogP contribution in [-0.2, 0) is 20.1 Å². The monoisotopic (exact) mass is 510 g/mol. The minimum Gasteiger partial charge on any atom is -0.351 e. The molecule has 1 aromatic carbocycles. The Bertz CT molecular complexity index is 903. The largest absolute Gasteiger partial charge is 0.351 e. The van der Waals surface area contributed by atoms with E-state index in [2.05, 4.69) is 70.4 Å². The smallest absolute Gasteiger partial charge is 0.192 e. The van der Waals surface area contributed by atoms with Gasteiger partial charge in [-0.2, -0.15) is 0 Å². The van der Waals surface area contributed by atoms with Crippen molar-refractivity contribution in [3.63, 3.8) is 0 Å². The zero-order valence-corrected chi connectivity index (χ0v) is 19.8. The molecule has 6 nitrogen and oxygen atoms in total. The molecule has 0 aliphatic rings. The number of hydrogen-bond donors (Lipinski definition) is 2. The van der Waals surface area contributed by atoms with Crippen LogP contribution in [0.15, 0.2) is 46.8 Å². The number of halogens is 1. The van der Waals surface area contributed by atoms with Crippen LogP contribution in [0.1, 0.15) is 40.6 Å². The molecule has 0 saturated carbocycles. The van der Waals surface area contributed by atoms with Crippen LogP contribution in [-0.4, -0.2) is 20.7 Å². The maximum atomic E-state index is 4.74. The summed E-state index contributed by atoms with van der Waals surface area (Å²) in [6.45, 7) is 7.42. The molecular formula is C20H27IN6S. The summed E-state index contributed by atoms with van der Waals surface area (Å²) in [6, 6.07) is 12.6. The molecule has 8 heteroatoms. The van der Waals surface area contributed by atoms with Gasteiger partial charge >= 0.3 is 0 Å². The van der Waals surface area contributed by atoms with E-state index in [0.29, 0.717) is 6.54 Å². The first-order chi connectivity index (χ1) is 13.0. The lowest BCUT2D eigenvalue weighted by molar-refractivity contribution is 0.677. The lowest BCUT2D eigenvalue weighted by Gasteiger charge is -2.18. The number of aromatic nitrogens is 3. The van der Waals surface area contributed by atoms with Crippen LogP contribution in [0.2, 0.25) is 0 Å². The van der Waals surface area contributed by atoms with Crippen molar-refractivity contribution < 1.29 is 0 Å². The number of rotatable bonds is 6. The molecule has 3 rings (SSSR count). The van der Waals surface area contributed by atoms with E-state index in [1.54, 1.807) is 11.3 Å². The third-order valence-corrected chi connectivity index (χ3v) is 5.62. The van der Waals surface area contributed by atoms with Crippen molar-refractivity contribution >= 4 is 41.3 Å². The summed E-state index contributed by atoms with van der Waals surface area (Å²) in [5, 5.41) is 17.4. The van der Waals surface area contributed by atoms with Gasteiger partial charge in [0, 0.05) is 11.9 Å². The Kier molecular flexibility index (Phi) is 8.43. The van der Waals surface area contributed by atoms with E-state index in [1.807, 2.05) is 24.6 Å². The second kappa shape index (κ2) is 10.6. The normalized spacial score (nSPS) is 12.4. The third kappa shape index (κ3) is 5.78. The summed E-state index contributed by atoms with van der Waals surface area (Å²) < 4.78 is 1.96. The van der Waals surface area contributed by atoms with Crippen LogP contribution in [0.3, 0.4) is 0 Å². The predicted octanol–water partition coefficient (Wildman–Crippen LogP) is 4.11. The van der Waals surface area contributed by atoms with Crippen molar-refractivity contribution in [2.24, 2.45) is 12.0 Å². The Hall–Kier alpha value is -1.94. The first kappa shape index (κ1) is 22.4. The number of aliphatic imine (C=N–C) groups is 1. The first-order valence-electron chi connectivity index (χ1n) is 9.02. The van der Waals surface area contributed by atoms with Crippen molar-refractivity contribution in [3.8, 4) is 0 Å². The molecule has 2 heterocycles. The molecule has 1 unspecified atom stereocenters. The molecular weight excluding hydrogens is 483 g/mol. The Morgan fingerprint density at radius 2 is 1.93 bits per heavy atom. The van der Waals surface area contributed by atoms with Crippen LogP contribution in [0, 0.1) is 13.8 Å². The number of nitrogens with zero attached hydrogens (tertiary/aromatic N) is 4. The Morgan fingerprint density at radius 1 is 1.18 bits per heavy atom. The van der Waals surface area contributed by atoms with Gasteiger partial charge in [0.1, 0.15) is 12.4 Å². The van der Waals surface area contributed by atoms with Crippen LogP contribution >= 0.6 is 35.3 Å². The predicted molar refractivity (Wildman–Crippen MR) is 126 cm³/mol. The van der Waals surface area contributed by atoms with Crippen molar-refractivity contribution in [3.05, 3.63) is 69.4 Å². The molecule has 0 radical (unpaired) electrons. The average Bonchev–Trinajstić information content (AvgIpc) is 3.24. The second-order valence-corrected chi connectivity index (χ2v) is 7.55. The molecule has 0 spiro atoms. The molecule has 150 valence electrons. The number of guanidine groups is 1. The van der Waals surface area contributed by atoms with E-state index in [1.165, 1.54) is 16.0 Å². The van der Waals surface area contributed by atoms with Crippen LogP contribution < -0.4 is 10.6 Å². The maximum absolute atomic E-state index is 4.74. The molecule has 2 N–H and O–H groups in total. The number of nitrogens with one attached hydrogen (secondary N) is 2. The molecule has 0 aliphatic heterocycles. The minimum atomic E-state index is 0. The van der Waals surface area contributed by atoms with Crippen molar-refractivity contribution in [1.82, 2.24) is 25.4 Å². The fourth-order valence-electron chi connectivity index (χ4n) is 2.67. The van der Waals surface area contributed by atoms with Crippen LogP contribution in [0.4, 0.5) is 0 Å². The Morgan fingerprint density at radius 3 is 2.54 bits per heavy atom. The van der Waals surface area contributed by atoms with Gasteiger partial charge < -0.3 is 15.2 Å². The van der Waals surface area contributed by atoms with E-state index in [4.69, 9.17) is 4.99 Å². The van der Waals surface area contributed by atoms with E-state index in [9.17, 15) is 0 Å². The molecule has 1 atom stereocenters. The zero-order chi connectivity index (χ0) is 19.2. The minimum absolute atomic E-state index is 0. The molecule has 0 bridgehead atoms. The van der Waals surface area contributed by atoms with E-state index >= 15 is 0 Å². The Labute approximate surface area is 187 Å². The standard InChI is InChI=1S/C20H26N6S.HI/c1-14-10-11-27-18(14)12-21-20(22-13-19-25-24-16(3)26(19)4)23-15(2)17-8-6-5-7-9-17;/h5-11,15H,12-13H2,1-4H3,(H2,21,22,23);1H. The van der Waals surface area contributed by atoms with Crippen LogP contribution in [0.25, 0.3) is 0 Å². The third-order valence-electron chi connectivity index (χ3n) is 4.60. The van der Waals surface area contributed by atoms with Crippen molar-refractivity contribution in [1.29, 1.82) is 0 Å². The highest BCUT2D eigenvalue weighted by atomic mass is 127. The molecule has 2 aromatic heterocycles. The SMILES string of the molecule is Cc1ccsc1CNC(=NCc1nnc(C)n1C)NC(C)c1ccccc1.I. The zero-order valence-electron chi connectivity index (χ0n) is 16.6. The van der Waals surface area contributed by atoms with E-state index in [-0.39, 0.29) is 30.0 Å². The average molecular weight is 510 g/mol. The van der Waals surface area contributed by atoms with E-state index in [0.717, 1.165) is 24.2 Å². The summed E-state index contributed by atoms with van der Waals surface area (Å²) in [4.78, 5) is 6.05. The van der Waals surface area contributed by atoms with Gasteiger partial charge in [0.05, 0.1) is 12.6 Å². The summed E-state index contributed by atoms with van der Waals surface area (Å²) >= 11 is 1.76. The number of aryl methyl sites for hydroxylation is 2. The van der Waals surface area contributed by atoms with Gasteiger partial charge in [-0.3, -0.25) is 0 Å². The summed E-state index contributed by atoms with van der Waals surface area (Å²) in [6.07, 6.45) is 0. The number of benzene rings is 1. The van der Waals surface area contributed by atoms with Gasteiger partial charge in [-0.05, 0) is 43.3 Å². The van der Waals surface area contributed by atoms with Gasteiger partial charge in [-0.25, -0.2) is 4.99 Å². The lowest BCUT2D eigenvalue weighted by Crippen LogP contribution is -2.38. The topological polar surface area (TPSA) is 67.1 Å². The fraction of sp³-hybridized carbons (Fsp3) is 0.350. The highest BCUT2D eigenvalue weighted by molar-refractivity contribution is 14.0. The molecule has 0 aliphatic carbocycles. The number of thiophene rings is 1. The maximum Gasteiger partial charge on any atom is 0.192 e. The summed E-state index contributed by atoms with van der Waals surface area (Å²) in [5.41, 5.74) is 2.51. The van der Waals surface area contributed by atoms with Gasteiger partial charge in [-0.15, -0.1) is 45.5 Å². The molecule has 3 aromatic rings. The molecule has 0 saturated heterocycles. The molecule has 0 fully saturated rings. The van der Waals surface area contributed by atoms with Crippen molar-refractivity contribution in [2.75, 3.05) is 0 Å². The molecule has 0 amide bonds. The fourth-order valence-corrected chi connectivity index (χ4v) is 3.52. The Balaban J connectivity index is 0.00000280. The van der Waals surface area contributed by atoms with Gasteiger partial charge in [0.15, 0.2) is 11.8 Å². The summed E-state index contributed by atoms with van der Waals surface area (Å²) in [5.74, 6) is 2.49. The van der Waals surface area contributed by atoms with Gasteiger partial charge in [-0.1, -0.05) is 30.3 Å². The lowest BCUT2D eigenvalue weighted by atomic mass is 10.1. The quantitative estimate of drug-likeness (QED) is 0.298. The summed E-state index contributed by atoms with van der Waals surface area (Å²) in [7, 11) is 1.96. The van der Waals surface area contributed by atoms with E-state index < -0.39 is 0 Å². The van der Waals surface area contributed by atoms with Crippen LogP contribution in [0.5, 0.6) is 0 Å². The first-order valence-corrected chi connectivity index (χ1v) is 9.90. The number of hydrogen-bond acceptors (Lipinski definition) is 4. The van der Waals surface area contributed by atoms with Gasteiger partial charge in [0.25, 0.3) is 0 Å².